The van der Waals surface area contributed by atoms with Gasteiger partial charge in [-0.05, 0) is 25.0 Å². The summed E-state index contributed by atoms with van der Waals surface area (Å²) >= 11 is 0. The van der Waals surface area contributed by atoms with Gasteiger partial charge < -0.3 is 9.88 Å². The predicted molar refractivity (Wildman–Crippen MR) is 86.1 cm³/mol. The van der Waals surface area contributed by atoms with Gasteiger partial charge in [0.1, 0.15) is 5.82 Å². The molecule has 0 saturated heterocycles. The molecule has 0 aliphatic rings. The molecule has 1 N–H and O–H groups in total. The number of hydrogen-bond donors (Lipinski definition) is 1. The molecule has 0 spiro atoms. The van der Waals surface area contributed by atoms with Gasteiger partial charge >= 0.3 is 0 Å². The minimum atomic E-state index is 0.106. The molecule has 2 unspecified atom stereocenters. The van der Waals surface area contributed by atoms with Gasteiger partial charge in [0.2, 0.25) is 5.91 Å². The van der Waals surface area contributed by atoms with Gasteiger partial charge in [-0.3, -0.25) is 4.79 Å². The molecule has 0 radical (unpaired) electrons. The molecule has 114 valence electrons. The highest BCUT2D eigenvalue weighted by atomic mass is 16.1. The Bertz CT molecular complexity index is 618. The van der Waals surface area contributed by atoms with E-state index in [1.165, 1.54) is 0 Å². The molecule has 0 saturated carbocycles. The van der Waals surface area contributed by atoms with E-state index in [9.17, 15) is 4.79 Å². The fourth-order valence-electron chi connectivity index (χ4n) is 2.47. The van der Waals surface area contributed by atoms with E-state index < -0.39 is 0 Å². The standard InChI is InChI=1S/C17H25N3O/c1-5-12(2)13(3)18-17(21)11-10-16-19-14-8-6-7-9-15(14)20(16)4/h6-9,12-13H,5,10-11H2,1-4H3,(H,18,21). The lowest BCUT2D eigenvalue weighted by molar-refractivity contribution is -0.122. The lowest BCUT2D eigenvalue weighted by Crippen LogP contribution is -2.37. The first kappa shape index (κ1) is 15.5. The van der Waals surface area contributed by atoms with Crippen LogP contribution in [-0.4, -0.2) is 21.5 Å². The van der Waals surface area contributed by atoms with Gasteiger partial charge in [-0.25, -0.2) is 4.98 Å². The van der Waals surface area contributed by atoms with Gasteiger partial charge in [-0.1, -0.05) is 32.4 Å². The number of hydrogen-bond acceptors (Lipinski definition) is 2. The molecule has 2 rings (SSSR count). The number of imidazole rings is 1. The van der Waals surface area contributed by atoms with Crippen LogP contribution in [0.5, 0.6) is 0 Å². The van der Waals surface area contributed by atoms with Crippen LogP contribution in [0.1, 0.15) is 39.4 Å². The first-order valence-electron chi connectivity index (χ1n) is 7.72. The zero-order valence-corrected chi connectivity index (χ0v) is 13.4. The quantitative estimate of drug-likeness (QED) is 0.887. The SMILES string of the molecule is CCC(C)C(C)NC(=O)CCc1nc2ccccc2n1C. The molecule has 0 aliphatic heterocycles. The Kier molecular flexibility index (Phi) is 4.99. The Morgan fingerprint density at radius 3 is 2.71 bits per heavy atom. The number of carbonyl (C=O) groups excluding carboxylic acids is 1. The van der Waals surface area contributed by atoms with Gasteiger partial charge in [0.25, 0.3) is 0 Å². The zero-order chi connectivity index (χ0) is 15.4. The topological polar surface area (TPSA) is 46.9 Å². The van der Waals surface area contributed by atoms with E-state index >= 15 is 0 Å². The third kappa shape index (κ3) is 3.63. The van der Waals surface area contributed by atoms with Crippen LogP contribution in [-0.2, 0) is 18.3 Å². The molecule has 0 aliphatic carbocycles. The second-order valence-electron chi connectivity index (χ2n) is 5.82. The van der Waals surface area contributed by atoms with Gasteiger partial charge in [0.15, 0.2) is 0 Å². The van der Waals surface area contributed by atoms with Gasteiger partial charge in [0, 0.05) is 25.9 Å². The van der Waals surface area contributed by atoms with Crippen molar-refractivity contribution in [1.29, 1.82) is 0 Å². The number of nitrogens with zero attached hydrogens (tertiary/aromatic N) is 2. The highest BCUT2D eigenvalue weighted by Gasteiger charge is 2.14. The Balaban J connectivity index is 1.95. The van der Waals surface area contributed by atoms with Crippen molar-refractivity contribution in [3.05, 3.63) is 30.1 Å². The molecule has 0 bridgehead atoms. The number of nitrogens with one attached hydrogen (secondary N) is 1. The lowest BCUT2D eigenvalue weighted by atomic mass is 10.0. The first-order valence-corrected chi connectivity index (χ1v) is 7.72. The van der Waals surface area contributed by atoms with Gasteiger partial charge in [-0.2, -0.15) is 0 Å². The van der Waals surface area contributed by atoms with Crippen LogP contribution >= 0.6 is 0 Å². The Hall–Kier alpha value is -1.84. The number of rotatable bonds is 6. The number of fused-ring (bicyclic) bond motifs is 1. The summed E-state index contributed by atoms with van der Waals surface area (Å²) in [7, 11) is 2.00. The van der Waals surface area contributed by atoms with Crippen LogP contribution in [0.15, 0.2) is 24.3 Å². The zero-order valence-electron chi connectivity index (χ0n) is 13.4. The Morgan fingerprint density at radius 2 is 2.05 bits per heavy atom. The third-order valence-electron chi connectivity index (χ3n) is 4.34. The van der Waals surface area contributed by atoms with Crippen molar-refractivity contribution in [2.45, 2.75) is 46.1 Å². The molecule has 0 fully saturated rings. The molecular formula is C17H25N3O. The average Bonchev–Trinajstić information content (AvgIpc) is 2.81. The number of aromatic nitrogens is 2. The predicted octanol–water partition coefficient (Wildman–Crippen LogP) is 3.06. The summed E-state index contributed by atoms with van der Waals surface area (Å²) in [4.78, 5) is 16.6. The fraction of sp³-hybridized carbons (Fsp3) is 0.529. The van der Waals surface area contributed by atoms with E-state index in [-0.39, 0.29) is 11.9 Å². The van der Waals surface area contributed by atoms with E-state index in [4.69, 9.17) is 0 Å². The van der Waals surface area contributed by atoms with Gasteiger partial charge in [-0.15, -0.1) is 0 Å². The second kappa shape index (κ2) is 6.74. The van der Waals surface area contributed by atoms with Crippen molar-refractivity contribution in [2.24, 2.45) is 13.0 Å². The summed E-state index contributed by atoms with van der Waals surface area (Å²) in [5.41, 5.74) is 2.10. The maximum absolute atomic E-state index is 12.0. The molecule has 4 nitrogen and oxygen atoms in total. The molecule has 1 aromatic carbocycles. The fourth-order valence-corrected chi connectivity index (χ4v) is 2.47. The van der Waals surface area contributed by atoms with Crippen molar-refractivity contribution in [3.63, 3.8) is 0 Å². The van der Waals surface area contributed by atoms with E-state index in [0.717, 1.165) is 23.3 Å². The normalized spacial score (nSPS) is 14.1. The van der Waals surface area contributed by atoms with Crippen molar-refractivity contribution in [1.82, 2.24) is 14.9 Å². The largest absolute Gasteiger partial charge is 0.353 e. The number of benzene rings is 1. The van der Waals surface area contributed by atoms with E-state index in [2.05, 4.69) is 41.7 Å². The summed E-state index contributed by atoms with van der Waals surface area (Å²) in [6, 6.07) is 8.28. The van der Waals surface area contributed by atoms with E-state index in [0.29, 0.717) is 18.8 Å². The number of carbonyl (C=O) groups is 1. The maximum Gasteiger partial charge on any atom is 0.220 e. The average molecular weight is 287 g/mol. The van der Waals surface area contributed by atoms with E-state index in [1.807, 2.05) is 25.2 Å². The minimum absolute atomic E-state index is 0.106. The highest BCUT2D eigenvalue weighted by molar-refractivity contribution is 5.77. The molecule has 4 heteroatoms. The summed E-state index contributed by atoms with van der Waals surface area (Å²) in [6.07, 6.45) is 2.23. The smallest absolute Gasteiger partial charge is 0.220 e. The summed E-state index contributed by atoms with van der Waals surface area (Å²) < 4.78 is 2.07. The molecule has 2 atom stereocenters. The van der Waals surface area contributed by atoms with Crippen molar-refractivity contribution >= 4 is 16.9 Å². The summed E-state index contributed by atoms with van der Waals surface area (Å²) in [5.74, 6) is 1.57. The molecule has 1 heterocycles. The lowest BCUT2D eigenvalue weighted by Gasteiger charge is -2.19. The Labute approximate surface area is 126 Å². The maximum atomic E-state index is 12.0. The van der Waals surface area contributed by atoms with Crippen LogP contribution in [0.3, 0.4) is 0 Å². The monoisotopic (exact) mass is 287 g/mol. The second-order valence-corrected chi connectivity index (χ2v) is 5.82. The summed E-state index contributed by atoms with van der Waals surface area (Å²) in [5, 5.41) is 3.08. The number of para-hydroxylation sites is 2. The van der Waals surface area contributed by atoms with Crippen molar-refractivity contribution in [2.75, 3.05) is 0 Å². The molecule has 21 heavy (non-hydrogen) atoms. The minimum Gasteiger partial charge on any atom is -0.353 e. The van der Waals surface area contributed by atoms with Crippen LogP contribution < -0.4 is 5.32 Å². The Morgan fingerprint density at radius 1 is 1.33 bits per heavy atom. The highest BCUT2D eigenvalue weighted by Crippen LogP contribution is 2.15. The van der Waals surface area contributed by atoms with Crippen LogP contribution in [0.2, 0.25) is 0 Å². The van der Waals surface area contributed by atoms with Crippen LogP contribution in [0, 0.1) is 5.92 Å². The van der Waals surface area contributed by atoms with E-state index in [1.54, 1.807) is 0 Å². The third-order valence-corrected chi connectivity index (χ3v) is 4.34. The van der Waals surface area contributed by atoms with Crippen LogP contribution in [0.25, 0.3) is 11.0 Å². The number of aryl methyl sites for hydroxylation is 2. The van der Waals surface area contributed by atoms with Crippen molar-refractivity contribution in [3.8, 4) is 0 Å². The molecule has 2 aromatic rings. The van der Waals surface area contributed by atoms with Crippen molar-refractivity contribution < 1.29 is 4.79 Å². The molecule has 1 aromatic heterocycles. The molecule has 1 amide bonds. The molecular weight excluding hydrogens is 262 g/mol. The summed E-state index contributed by atoms with van der Waals surface area (Å²) in [6.45, 7) is 6.38. The number of amides is 1. The van der Waals surface area contributed by atoms with Crippen LogP contribution in [0.4, 0.5) is 0 Å². The van der Waals surface area contributed by atoms with Gasteiger partial charge in [0.05, 0.1) is 11.0 Å². The first-order chi connectivity index (χ1) is 10.0.